The van der Waals surface area contributed by atoms with Gasteiger partial charge in [-0.2, -0.15) is 0 Å². The summed E-state index contributed by atoms with van der Waals surface area (Å²) < 4.78 is 18.9. The molecule has 31 heavy (non-hydrogen) atoms. The summed E-state index contributed by atoms with van der Waals surface area (Å²) in [5.41, 5.74) is 1.31. The van der Waals surface area contributed by atoms with Crippen molar-refractivity contribution in [1.29, 1.82) is 0 Å². The second-order valence-corrected chi connectivity index (χ2v) is 7.28. The van der Waals surface area contributed by atoms with Crippen LogP contribution >= 0.6 is 11.6 Å². The maximum Gasteiger partial charge on any atom is 0.265 e. The van der Waals surface area contributed by atoms with Crippen molar-refractivity contribution in [3.8, 4) is 11.5 Å². The summed E-state index contributed by atoms with van der Waals surface area (Å²) in [6.45, 7) is 3.52. The van der Waals surface area contributed by atoms with Gasteiger partial charge in [0.25, 0.3) is 11.8 Å². The van der Waals surface area contributed by atoms with Gasteiger partial charge in [0.2, 0.25) is 0 Å². The minimum absolute atomic E-state index is 0.0150. The van der Waals surface area contributed by atoms with Crippen LogP contribution in [-0.4, -0.2) is 23.0 Å². The van der Waals surface area contributed by atoms with Crippen LogP contribution in [0.1, 0.15) is 22.8 Å². The van der Waals surface area contributed by atoms with Gasteiger partial charge in [0.05, 0.1) is 16.4 Å². The molecule has 0 aromatic heterocycles. The lowest BCUT2D eigenvalue weighted by Gasteiger charge is -2.16. The quantitative estimate of drug-likeness (QED) is 0.460. The molecule has 3 aromatic carbocycles. The Bertz CT molecular complexity index is 1120. The third kappa shape index (κ3) is 5.73. The first-order valence-electron chi connectivity index (χ1n) is 9.36. The molecule has 0 aliphatic rings. The van der Waals surface area contributed by atoms with E-state index in [9.17, 15) is 19.1 Å². The predicted octanol–water partition coefficient (Wildman–Crippen LogP) is 5.15. The topological polar surface area (TPSA) is 87.7 Å². The molecule has 3 N–H and O–H groups in total. The second-order valence-electron chi connectivity index (χ2n) is 6.88. The number of halogens is 2. The van der Waals surface area contributed by atoms with Gasteiger partial charge < -0.3 is 20.5 Å². The molecule has 1 unspecified atom stereocenters. The van der Waals surface area contributed by atoms with E-state index in [4.69, 9.17) is 16.3 Å². The summed E-state index contributed by atoms with van der Waals surface area (Å²) >= 11 is 6.20. The van der Waals surface area contributed by atoms with Crippen LogP contribution in [0, 0.1) is 12.7 Å². The number of aryl methyl sites for hydroxylation is 1. The molecule has 2 amide bonds. The van der Waals surface area contributed by atoms with E-state index in [0.717, 1.165) is 11.6 Å². The van der Waals surface area contributed by atoms with E-state index in [2.05, 4.69) is 10.6 Å². The van der Waals surface area contributed by atoms with E-state index in [1.807, 2.05) is 19.1 Å². The van der Waals surface area contributed by atoms with Gasteiger partial charge in [-0.3, -0.25) is 9.59 Å². The Morgan fingerprint density at radius 2 is 1.74 bits per heavy atom. The van der Waals surface area contributed by atoms with Crippen LogP contribution in [0.2, 0.25) is 5.02 Å². The minimum atomic E-state index is -0.826. The van der Waals surface area contributed by atoms with E-state index >= 15 is 0 Å². The number of carbonyl (C=O) groups excluding carboxylic acids is 2. The van der Waals surface area contributed by atoms with Gasteiger partial charge in [-0.25, -0.2) is 4.39 Å². The highest BCUT2D eigenvalue weighted by Gasteiger charge is 2.18. The predicted molar refractivity (Wildman–Crippen MR) is 117 cm³/mol. The maximum absolute atomic E-state index is 13.3. The Hall–Kier alpha value is -3.58. The maximum atomic E-state index is 13.3. The monoisotopic (exact) mass is 442 g/mol. The van der Waals surface area contributed by atoms with Crippen molar-refractivity contribution in [3.63, 3.8) is 0 Å². The van der Waals surface area contributed by atoms with E-state index in [1.54, 1.807) is 19.1 Å². The van der Waals surface area contributed by atoms with Crippen molar-refractivity contribution in [3.05, 3.63) is 82.6 Å². The van der Waals surface area contributed by atoms with E-state index in [0.29, 0.717) is 5.75 Å². The first-order chi connectivity index (χ1) is 14.7. The molecule has 0 saturated heterocycles. The zero-order valence-corrected chi connectivity index (χ0v) is 17.5. The number of carbonyl (C=O) groups is 2. The number of benzene rings is 3. The molecular formula is C23H20ClFN2O4. The van der Waals surface area contributed by atoms with Crippen LogP contribution in [0.4, 0.5) is 15.8 Å². The van der Waals surface area contributed by atoms with Gasteiger partial charge in [0.1, 0.15) is 17.3 Å². The lowest BCUT2D eigenvalue weighted by molar-refractivity contribution is -0.122. The van der Waals surface area contributed by atoms with E-state index < -0.39 is 23.7 Å². The lowest BCUT2D eigenvalue weighted by Crippen LogP contribution is -2.30. The number of aromatic hydroxyl groups is 1. The second kappa shape index (κ2) is 9.49. The van der Waals surface area contributed by atoms with Crippen LogP contribution in [0.3, 0.4) is 0 Å². The molecule has 0 bridgehead atoms. The van der Waals surface area contributed by atoms with Gasteiger partial charge in [0, 0.05) is 11.6 Å². The summed E-state index contributed by atoms with van der Waals surface area (Å²) in [5, 5.41) is 15.4. The number of anilines is 2. The van der Waals surface area contributed by atoms with Crippen molar-refractivity contribution < 1.29 is 23.8 Å². The van der Waals surface area contributed by atoms with Crippen LogP contribution in [-0.2, 0) is 4.79 Å². The van der Waals surface area contributed by atoms with Crippen LogP contribution < -0.4 is 15.4 Å². The molecule has 160 valence electrons. The molecule has 1 atom stereocenters. The van der Waals surface area contributed by atoms with Crippen molar-refractivity contribution in [2.24, 2.45) is 0 Å². The number of nitrogens with one attached hydrogen (secondary N) is 2. The highest BCUT2D eigenvalue weighted by Crippen LogP contribution is 2.34. The fraction of sp³-hybridized carbons (Fsp3) is 0.130. The molecule has 8 heteroatoms. The molecule has 0 heterocycles. The zero-order chi connectivity index (χ0) is 22.5. The summed E-state index contributed by atoms with van der Waals surface area (Å²) in [6, 6.07) is 14.9. The van der Waals surface area contributed by atoms with Crippen LogP contribution in [0.25, 0.3) is 0 Å². The number of hydrogen-bond acceptors (Lipinski definition) is 4. The van der Waals surface area contributed by atoms with Crippen molar-refractivity contribution in [1.82, 2.24) is 0 Å². The Kier molecular flexibility index (Phi) is 6.77. The van der Waals surface area contributed by atoms with E-state index in [-0.39, 0.29) is 27.7 Å². The fourth-order valence-corrected chi connectivity index (χ4v) is 2.90. The Morgan fingerprint density at radius 3 is 2.42 bits per heavy atom. The Balaban J connectivity index is 1.68. The number of rotatable bonds is 6. The molecular weight excluding hydrogens is 423 g/mol. The molecule has 0 saturated carbocycles. The molecule has 0 aliphatic carbocycles. The molecule has 0 fully saturated rings. The first kappa shape index (κ1) is 22.1. The average Bonchev–Trinajstić information content (AvgIpc) is 2.73. The van der Waals surface area contributed by atoms with Gasteiger partial charge >= 0.3 is 0 Å². The molecule has 0 aliphatic heterocycles. The Morgan fingerprint density at radius 1 is 1.03 bits per heavy atom. The van der Waals surface area contributed by atoms with Gasteiger partial charge in [0.15, 0.2) is 6.10 Å². The highest BCUT2D eigenvalue weighted by atomic mass is 35.5. The average molecular weight is 443 g/mol. The molecule has 0 spiro atoms. The van der Waals surface area contributed by atoms with Crippen LogP contribution in [0.5, 0.6) is 11.5 Å². The highest BCUT2D eigenvalue weighted by molar-refractivity contribution is 6.34. The van der Waals surface area contributed by atoms with E-state index in [1.165, 1.54) is 30.3 Å². The molecule has 0 radical (unpaired) electrons. The van der Waals surface area contributed by atoms with Crippen molar-refractivity contribution >= 4 is 34.8 Å². The standard InChI is InChI=1S/C23H20ClFN2O4/c1-13-6-8-17(9-7-13)31-14(2)22(29)26-19-12-21(28)20(11-18(19)24)27-23(30)15-4-3-5-16(25)10-15/h3-12,14,28H,1-2H3,(H,26,29)(H,27,30). The van der Waals surface area contributed by atoms with Gasteiger partial charge in [-0.1, -0.05) is 35.4 Å². The third-order valence-corrected chi connectivity index (χ3v) is 4.69. The Labute approximate surface area is 183 Å². The third-order valence-electron chi connectivity index (χ3n) is 4.38. The smallest absolute Gasteiger partial charge is 0.265 e. The van der Waals surface area contributed by atoms with Gasteiger partial charge in [-0.15, -0.1) is 0 Å². The number of phenols is 1. The summed E-state index contributed by atoms with van der Waals surface area (Å²) in [5.74, 6) is -1.44. The largest absolute Gasteiger partial charge is 0.506 e. The van der Waals surface area contributed by atoms with Crippen molar-refractivity contribution in [2.45, 2.75) is 20.0 Å². The van der Waals surface area contributed by atoms with Gasteiger partial charge in [-0.05, 0) is 50.2 Å². The summed E-state index contributed by atoms with van der Waals surface area (Å²) in [4.78, 5) is 24.7. The molecule has 3 aromatic rings. The molecule has 6 nitrogen and oxygen atoms in total. The number of phenolic OH excluding ortho intramolecular Hbond substituents is 1. The zero-order valence-electron chi connectivity index (χ0n) is 16.8. The normalized spacial score (nSPS) is 11.5. The summed E-state index contributed by atoms with van der Waals surface area (Å²) in [6.07, 6.45) is -0.826. The SMILES string of the molecule is Cc1ccc(OC(C)C(=O)Nc2cc(O)c(NC(=O)c3cccc(F)c3)cc2Cl)cc1. The van der Waals surface area contributed by atoms with Crippen LogP contribution in [0.15, 0.2) is 60.7 Å². The lowest BCUT2D eigenvalue weighted by atomic mass is 10.2. The summed E-state index contributed by atoms with van der Waals surface area (Å²) in [7, 11) is 0. The van der Waals surface area contributed by atoms with Crippen molar-refractivity contribution in [2.75, 3.05) is 10.6 Å². The number of amides is 2. The molecule has 3 rings (SSSR count). The number of ether oxygens (including phenoxy) is 1. The fourth-order valence-electron chi connectivity index (χ4n) is 2.69. The minimum Gasteiger partial charge on any atom is -0.506 e. The first-order valence-corrected chi connectivity index (χ1v) is 9.74. The number of hydrogen-bond donors (Lipinski definition) is 3.